The molecule has 1 aliphatic rings. The Balaban J connectivity index is 2.49. The lowest BCUT2D eigenvalue weighted by molar-refractivity contribution is -0.153. The highest BCUT2D eigenvalue weighted by Crippen LogP contribution is 2.48. The zero-order chi connectivity index (χ0) is 21.4. The van der Waals surface area contributed by atoms with E-state index in [2.05, 4.69) is 5.16 Å². The molecule has 2 rings (SSSR count). The van der Waals surface area contributed by atoms with Crippen LogP contribution in [0.3, 0.4) is 0 Å². The lowest BCUT2D eigenvalue weighted by Crippen LogP contribution is -2.51. The monoisotopic (exact) mass is 407 g/mol. The molecule has 0 amide bonds. The van der Waals surface area contributed by atoms with Gasteiger partial charge in [-0.05, 0) is 57.7 Å². The summed E-state index contributed by atoms with van der Waals surface area (Å²) in [6.45, 7) is 8.46. The largest absolute Gasteiger partial charge is 0.494 e. The summed E-state index contributed by atoms with van der Waals surface area (Å²) in [6, 6.07) is 7.47. The number of ether oxygens (including phenoxy) is 3. The average Bonchev–Trinajstić information content (AvgIpc) is 2.70. The Bertz CT molecular complexity index is 685. The highest BCUT2D eigenvalue weighted by atomic mass is 16.5. The lowest BCUT2D eigenvalue weighted by atomic mass is 9.62. The summed E-state index contributed by atoms with van der Waals surface area (Å²) in [4.78, 5) is 12.7. The lowest BCUT2D eigenvalue weighted by Gasteiger charge is -2.45. The maximum Gasteiger partial charge on any atom is 0.309 e. The average molecular weight is 408 g/mol. The molecule has 1 aromatic carbocycles. The van der Waals surface area contributed by atoms with Gasteiger partial charge in [0.2, 0.25) is 5.90 Å². The number of nitrogens with zero attached hydrogens (tertiary/aromatic N) is 1. The first-order chi connectivity index (χ1) is 13.9. The predicted octanol–water partition coefficient (Wildman–Crippen LogP) is 3.72. The molecule has 0 radical (unpaired) electrons. The molecule has 0 aliphatic heterocycles. The van der Waals surface area contributed by atoms with Crippen molar-refractivity contribution in [2.24, 2.45) is 17.0 Å². The first-order valence-electron chi connectivity index (χ1n) is 10.4. The number of carbonyl (C=O) groups is 1. The summed E-state index contributed by atoms with van der Waals surface area (Å²) in [5, 5.41) is 24.1. The van der Waals surface area contributed by atoms with Gasteiger partial charge in [0.05, 0.1) is 37.3 Å². The van der Waals surface area contributed by atoms with Gasteiger partial charge in [0, 0.05) is 5.92 Å². The SMILES string of the molecule is CCCOc1ccc(C2C(C(=O)OCC)CCC(C)(O)C2C(=NO)OCC)cc1. The Labute approximate surface area is 172 Å². The molecule has 0 heterocycles. The fourth-order valence-electron chi connectivity index (χ4n) is 4.09. The second-order valence-electron chi connectivity index (χ2n) is 7.55. The van der Waals surface area contributed by atoms with Gasteiger partial charge in [-0.2, -0.15) is 0 Å². The van der Waals surface area contributed by atoms with E-state index in [4.69, 9.17) is 14.2 Å². The van der Waals surface area contributed by atoms with Crippen LogP contribution in [0.2, 0.25) is 0 Å². The standard InChI is InChI=1S/C22H33NO6/c1-5-14-29-16-10-8-15(9-11-16)18-17(21(24)28-7-3)12-13-22(4,25)19(18)20(23-26)27-6-2/h8-11,17-19,25-26H,5-7,12-14H2,1-4H3. The molecule has 4 unspecified atom stereocenters. The quantitative estimate of drug-likeness (QED) is 0.224. The van der Waals surface area contributed by atoms with Crippen LogP contribution in [0.15, 0.2) is 29.4 Å². The fraction of sp³-hybridized carbons (Fsp3) is 0.636. The Morgan fingerprint density at radius 3 is 2.38 bits per heavy atom. The molecular formula is C22H33NO6. The zero-order valence-electron chi connectivity index (χ0n) is 17.8. The number of carbonyl (C=O) groups excluding carboxylic acids is 1. The van der Waals surface area contributed by atoms with Gasteiger partial charge in [0.15, 0.2) is 0 Å². The first-order valence-corrected chi connectivity index (χ1v) is 10.4. The second-order valence-corrected chi connectivity index (χ2v) is 7.55. The number of benzene rings is 1. The van der Waals surface area contributed by atoms with E-state index in [0.29, 0.717) is 19.4 Å². The van der Waals surface area contributed by atoms with Crippen molar-refractivity contribution in [3.63, 3.8) is 0 Å². The minimum absolute atomic E-state index is 0.0304. The van der Waals surface area contributed by atoms with E-state index < -0.39 is 23.4 Å². The van der Waals surface area contributed by atoms with Gasteiger partial charge < -0.3 is 24.5 Å². The Kier molecular flexibility index (Phi) is 8.32. The Hall–Kier alpha value is -2.28. The molecule has 1 aromatic rings. The molecule has 7 nitrogen and oxygen atoms in total. The number of esters is 1. The van der Waals surface area contributed by atoms with Crippen molar-refractivity contribution in [1.82, 2.24) is 0 Å². The Morgan fingerprint density at radius 1 is 1.17 bits per heavy atom. The molecule has 2 N–H and O–H groups in total. The van der Waals surface area contributed by atoms with Gasteiger partial charge in [0.1, 0.15) is 5.75 Å². The molecule has 1 fully saturated rings. The minimum atomic E-state index is -1.21. The van der Waals surface area contributed by atoms with E-state index >= 15 is 0 Å². The normalized spacial score (nSPS) is 27.3. The molecule has 7 heteroatoms. The third-order valence-corrected chi connectivity index (χ3v) is 5.41. The second kappa shape index (κ2) is 10.5. The van der Waals surface area contributed by atoms with Crippen molar-refractivity contribution in [2.45, 2.75) is 58.5 Å². The van der Waals surface area contributed by atoms with Crippen molar-refractivity contribution in [1.29, 1.82) is 0 Å². The number of hydrogen-bond acceptors (Lipinski definition) is 7. The minimum Gasteiger partial charge on any atom is -0.494 e. The van der Waals surface area contributed by atoms with E-state index in [1.54, 1.807) is 20.8 Å². The van der Waals surface area contributed by atoms with Crippen LogP contribution < -0.4 is 4.74 Å². The van der Waals surface area contributed by atoms with E-state index in [0.717, 1.165) is 17.7 Å². The predicted molar refractivity (Wildman–Crippen MR) is 109 cm³/mol. The van der Waals surface area contributed by atoms with Crippen LogP contribution in [0.5, 0.6) is 5.75 Å². The van der Waals surface area contributed by atoms with E-state index in [9.17, 15) is 15.1 Å². The molecule has 162 valence electrons. The summed E-state index contributed by atoms with van der Waals surface area (Å²) in [7, 11) is 0. The van der Waals surface area contributed by atoms with Crippen molar-refractivity contribution in [3.8, 4) is 5.75 Å². The van der Waals surface area contributed by atoms with Crippen molar-refractivity contribution >= 4 is 11.9 Å². The molecule has 0 bridgehead atoms. The zero-order valence-corrected chi connectivity index (χ0v) is 17.8. The number of oxime groups is 1. The van der Waals surface area contributed by atoms with Crippen molar-refractivity contribution in [2.75, 3.05) is 19.8 Å². The Morgan fingerprint density at radius 2 is 1.83 bits per heavy atom. The maximum absolute atomic E-state index is 12.7. The summed E-state index contributed by atoms with van der Waals surface area (Å²) >= 11 is 0. The molecule has 4 atom stereocenters. The van der Waals surface area contributed by atoms with Gasteiger partial charge in [0.25, 0.3) is 0 Å². The van der Waals surface area contributed by atoms with Crippen LogP contribution >= 0.6 is 0 Å². The molecule has 1 saturated carbocycles. The van der Waals surface area contributed by atoms with Crippen molar-refractivity contribution in [3.05, 3.63) is 29.8 Å². The molecule has 29 heavy (non-hydrogen) atoms. The number of rotatable bonds is 8. The third kappa shape index (κ3) is 5.41. The van der Waals surface area contributed by atoms with Gasteiger partial charge >= 0.3 is 5.97 Å². The molecule has 0 spiro atoms. The van der Waals surface area contributed by atoms with Crippen LogP contribution in [0.4, 0.5) is 0 Å². The smallest absolute Gasteiger partial charge is 0.309 e. The highest BCUT2D eigenvalue weighted by Gasteiger charge is 2.52. The first kappa shape index (κ1) is 23.0. The summed E-state index contributed by atoms with van der Waals surface area (Å²) in [6.07, 6.45) is 1.73. The van der Waals surface area contributed by atoms with Crippen molar-refractivity contribution < 1.29 is 29.3 Å². The van der Waals surface area contributed by atoms with Crippen LogP contribution in [0.1, 0.15) is 58.4 Å². The molecular weight excluding hydrogens is 374 g/mol. The van der Waals surface area contributed by atoms with E-state index in [1.807, 2.05) is 31.2 Å². The van der Waals surface area contributed by atoms with Crippen LogP contribution in [0, 0.1) is 11.8 Å². The van der Waals surface area contributed by atoms with Crippen LogP contribution in [0.25, 0.3) is 0 Å². The van der Waals surface area contributed by atoms with Gasteiger partial charge in [-0.15, -0.1) is 0 Å². The van der Waals surface area contributed by atoms with Gasteiger partial charge in [-0.25, -0.2) is 0 Å². The molecule has 0 saturated heterocycles. The highest BCUT2D eigenvalue weighted by molar-refractivity contribution is 5.83. The van der Waals surface area contributed by atoms with Crippen LogP contribution in [-0.2, 0) is 14.3 Å². The maximum atomic E-state index is 12.7. The van der Waals surface area contributed by atoms with E-state index in [1.165, 1.54) is 0 Å². The summed E-state index contributed by atoms with van der Waals surface area (Å²) in [5.74, 6) is -1.20. The number of aliphatic hydroxyl groups is 1. The van der Waals surface area contributed by atoms with Crippen LogP contribution in [-0.4, -0.2) is 47.6 Å². The number of hydrogen-bond donors (Lipinski definition) is 2. The summed E-state index contributed by atoms with van der Waals surface area (Å²) < 4.78 is 16.5. The third-order valence-electron chi connectivity index (χ3n) is 5.41. The van der Waals surface area contributed by atoms with E-state index in [-0.39, 0.29) is 25.1 Å². The topological polar surface area (TPSA) is 97.6 Å². The van der Waals surface area contributed by atoms with Gasteiger partial charge in [-0.1, -0.05) is 24.2 Å². The molecule has 1 aliphatic carbocycles. The fourth-order valence-corrected chi connectivity index (χ4v) is 4.09. The van der Waals surface area contributed by atoms with Gasteiger partial charge in [-0.3, -0.25) is 4.79 Å². The summed E-state index contributed by atoms with van der Waals surface area (Å²) in [5.41, 5.74) is -0.375. The molecule has 0 aromatic heterocycles.